The van der Waals surface area contributed by atoms with Gasteiger partial charge in [0.15, 0.2) is 0 Å². The number of nitrogens with zero attached hydrogens (tertiary/aromatic N) is 4. The average Bonchev–Trinajstić information content (AvgIpc) is 3.06. The summed E-state index contributed by atoms with van der Waals surface area (Å²) in [5, 5.41) is 12.2. The summed E-state index contributed by atoms with van der Waals surface area (Å²) in [4.78, 5) is 20.0. The number of benzene rings is 1. The minimum atomic E-state index is -5.08. The standard InChI is InChI=1S/C18H23N5O.C2HF3O2/c1-18(2,11-23(3)4)10-16-21-17(22-24-16)13-9-15(19)20-14-8-6-5-7-12(13)14;3-2(4,5)1(6)7/h5-9H,10-11H2,1-4H3,(H2,19,20);(H,6,7). The largest absolute Gasteiger partial charge is 0.490 e. The van der Waals surface area contributed by atoms with Crippen molar-refractivity contribution < 1.29 is 27.6 Å². The van der Waals surface area contributed by atoms with Crippen LogP contribution in [0.5, 0.6) is 0 Å². The van der Waals surface area contributed by atoms with Crippen LogP contribution in [0.25, 0.3) is 22.3 Å². The number of para-hydroxylation sites is 1. The van der Waals surface area contributed by atoms with Crippen LogP contribution in [0.1, 0.15) is 19.7 Å². The fourth-order valence-corrected chi connectivity index (χ4v) is 3.14. The predicted octanol–water partition coefficient (Wildman–Crippen LogP) is 3.63. The highest BCUT2D eigenvalue weighted by molar-refractivity contribution is 5.94. The number of carbonyl (C=O) groups is 1. The van der Waals surface area contributed by atoms with E-state index in [1.165, 1.54) is 0 Å². The second-order valence-electron chi connectivity index (χ2n) is 8.01. The number of nitrogen functional groups attached to an aromatic ring is 1. The van der Waals surface area contributed by atoms with E-state index < -0.39 is 12.1 Å². The van der Waals surface area contributed by atoms with E-state index in [9.17, 15) is 13.2 Å². The Hall–Kier alpha value is -3.21. The number of carboxylic acid groups (broad SMARTS) is 1. The van der Waals surface area contributed by atoms with Gasteiger partial charge in [-0.2, -0.15) is 18.2 Å². The molecule has 0 bridgehead atoms. The lowest BCUT2D eigenvalue weighted by Crippen LogP contribution is -2.30. The number of hydrogen-bond acceptors (Lipinski definition) is 7. The molecule has 0 fully saturated rings. The Bertz CT molecular complexity index is 1050. The van der Waals surface area contributed by atoms with Gasteiger partial charge >= 0.3 is 12.1 Å². The number of alkyl halides is 3. The molecule has 0 atom stereocenters. The molecule has 3 N–H and O–H groups in total. The van der Waals surface area contributed by atoms with Crippen LogP contribution >= 0.6 is 0 Å². The molecule has 0 saturated carbocycles. The normalized spacial score (nSPS) is 12.0. The van der Waals surface area contributed by atoms with Gasteiger partial charge in [0.05, 0.1) is 5.52 Å². The van der Waals surface area contributed by atoms with Crippen LogP contribution in [0.3, 0.4) is 0 Å². The lowest BCUT2D eigenvalue weighted by atomic mass is 9.89. The van der Waals surface area contributed by atoms with Gasteiger partial charge in [-0.3, -0.25) is 0 Å². The molecule has 2 aromatic heterocycles. The molecule has 0 unspecified atom stereocenters. The van der Waals surface area contributed by atoms with Crippen molar-refractivity contribution in [3.8, 4) is 11.4 Å². The molecule has 0 amide bonds. The summed E-state index contributed by atoms with van der Waals surface area (Å²) in [6.45, 7) is 5.32. The molecule has 0 aliphatic rings. The van der Waals surface area contributed by atoms with Crippen LogP contribution in [0.4, 0.5) is 19.0 Å². The lowest BCUT2D eigenvalue weighted by molar-refractivity contribution is -0.192. The monoisotopic (exact) mass is 439 g/mol. The third kappa shape index (κ3) is 6.92. The highest BCUT2D eigenvalue weighted by atomic mass is 19.4. The van der Waals surface area contributed by atoms with E-state index in [-0.39, 0.29) is 5.41 Å². The summed E-state index contributed by atoms with van der Waals surface area (Å²) >= 11 is 0. The van der Waals surface area contributed by atoms with Crippen molar-refractivity contribution in [1.82, 2.24) is 20.0 Å². The van der Waals surface area contributed by atoms with Crippen LogP contribution in [-0.2, 0) is 11.2 Å². The molecule has 168 valence electrons. The fourth-order valence-electron chi connectivity index (χ4n) is 3.14. The van der Waals surface area contributed by atoms with Gasteiger partial charge in [-0.05, 0) is 31.6 Å². The number of pyridine rings is 1. The molecule has 31 heavy (non-hydrogen) atoms. The summed E-state index contributed by atoms with van der Waals surface area (Å²) in [6, 6.07) is 9.61. The van der Waals surface area contributed by atoms with Gasteiger partial charge in [0.1, 0.15) is 5.82 Å². The first-order chi connectivity index (χ1) is 14.3. The molecule has 8 nitrogen and oxygen atoms in total. The second kappa shape index (κ2) is 9.29. The Morgan fingerprint density at radius 1 is 1.19 bits per heavy atom. The van der Waals surface area contributed by atoms with Crippen molar-refractivity contribution in [2.24, 2.45) is 5.41 Å². The maximum absolute atomic E-state index is 10.6. The minimum absolute atomic E-state index is 0.0483. The third-order valence-electron chi connectivity index (χ3n) is 4.06. The fraction of sp³-hybridized carbons (Fsp3) is 0.400. The summed E-state index contributed by atoms with van der Waals surface area (Å²) in [7, 11) is 4.12. The molecule has 3 aromatic rings. The number of rotatable bonds is 5. The first-order valence-corrected chi connectivity index (χ1v) is 9.21. The molecule has 0 spiro atoms. The van der Waals surface area contributed by atoms with Crippen molar-refractivity contribution in [1.29, 1.82) is 0 Å². The second-order valence-corrected chi connectivity index (χ2v) is 8.01. The first kappa shape index (κ1) is 24.1. The Kier molecular flexibility index (Phi) is 7.21. The molecular weight excluding hydrogens is 415 g/mol. The van der Waals surface area contributed by atoms with Gasteiger partial charge in [0.25, 0.3) is 0 Å². The summed E-state index contributed by atoms with van der Waals surface area (Å²) in [5.74, 6) is -1.12. The quantitative estimate of drug-likeness (QED) is 0.619. The maximum Gasteiger partial charge on any atom is 0.490 e. The van der Waals surface area contributed by atoms with E-state index in [1.807, 2.05) is 24.3 Å². The zero-order chi connectivity index (χ0) is 23.4. The average molecular weight is 439 g/mol. The molecule has 0 radical (unpaired) electrons. The van der Waals surface area contributed by atoms with Gasteiger partial charge in [0, 0.05) is 23.9 Å². The molecule has 0 aliphatic carbocycles. The van der Waals surface area contributed by atoms with Gasteiger partial charge < -0.3 is 20.3 Å². The van der Waals surface area contributed by atoms with E-state index in [1.54, 1.807) is 6.07 Å². The molecule has 1 aromatic carbocycles. The number of anilines is 1. The van der Waals surface area contributed by atoms with Crippen LogP contribution in [0, 0.1) is 5.41 Å². The van der Waals surface area contributed by atoms with Crippen molar-refractivity contribution >= 4 is 22.7 Å². The van der Waals surface area contributed by atoms with Gasteiger partial charge in [0.2, 0.25) is 11.7 Å². The Morgan fingerprint density at radius 2 is 1.81 bits per heavy atom. The number of aromatic nitrogens is 3. The Balaban J connectivity index is 0.000000423. The zero-order valence-corrected chi connectivity index (χ0v) is 17.6. The number of fused-ring (bicyclic) bond motifs is 1. The van der Waals surface area contributed by atoms with E-state index in [2.05, 4.69) is 48.0 Å². The molecule has 2 heterocycles. The van der Waals surface area contributed by atoms with E-state index in [0.717, 1.165) is 29.4 Å². The molecular formula is C20H24F3N5O3. The predicted molar refractivity (Wildman–Crippen MR) is 109 cm³/mol. The van der Waals surface area contributed by atoms with Crippen molar-refractivity contribution in [3.05, 3.63) is 36.2 Å². The number of halogens is 3. The van der Waals surface area contributed by atoms with Gasteiger partial charge in [-0.25, -0.2) is 9.78 Å². The summed E-state index contributed by atoms with van der Waals surface area (Å²) in [5.41, 5.74) is 7.64. The van der Waals surface area contributed by atoms with Crippen molar-refractivity contribution in [2.75, 3.05) is 26.4 Å². The molecule has 11 heteroatoms. The first-order valence-electron chi connectivity index (χ1n) is 9.21. The van der Waals surface area contributed by atoms with Crippen LogP contribution in [0.15, 0.2) is 34.9 Å². The van der Waals surface area contributed by atoms with Crippen molar-refractivity contribution in [2.45, 2.75) is 26.4 Å². The molecule has 0 aliphatic heterocycles. The molecule has 3 rings (SSSR count). The number of hydrogen-bond donors (Lipinski definition) is 2. The highest BCUT2D eigenvalue weighted by Crippen LogP contribution is 2.29. The van der Waals surface area contributed by atoms with Gasteiger partial charge in [-0.1, -0.05) is 37.2 Å². The van der Waals surface area contributed by atoms with Crippen LogP contribution < -0.4 is 5.73 Å². The van der Waals surface area contributed by atoms with Gasteiger partial charge in [-0.15, -0.1) is 0 Å². The van der Waals surface area contributed by atoms with E-state index >= 15 is 0 Å². The number of carboxylic acids is 1. The highest BCUT2D eigenvalue weighted by Gasteiger charge is 2.38. The lowest BCUT2D eigenvalue weighted by Gasteiger charge is -2.26. The Morgan fingerprint density at radius 3 is 2.39 bits per heavy atom. The number of aliphatic carboxylic acids is 1. The minimum Gasteiger partial charge on any atom is -0.475 e. The SMILES string of the molecule is CN(C)CC(C)(C)Cc1nc(-c2cc(N)nc3ccccc23)no1.O=C(O)C(F)(F)F. The zero-order valence-electron chi connectivity index (χ0n) is 17.6. The van der Waals surface area contributed by atoms with Crippen LogP contribution in [0.2, 0.25) is 0 Å². The number of nitrogens with two attached hydrogens (primary N) is 1. The topological polar surface area (TPSA) is 118 Å². The Labute approximate surface area is 176 Å². The summed E-state index contributed by atoms with van der Waals surface area (Å²) in [6.07, 6.45) is -4.36. The van der Waals surface area contributed by atoms with Crippen molar-refractivity contribution in [3.63, 3.8) is 0 Å². The maximum atomic E-state index is 10.6. The summed E-state index contributed by atoms with van der Waals surface area (Å²) < 4.78 is 37.2. The third-order valence-corrected chi connectivity index (χ3v) is 4.06. The van der Waals surface area contributed by atoms with E-state index in [0.29, 0.717) is 17.5 Å². The van der Waals surface area contributed by atoms with Crippen LogP contribution in [-0.4, -0.2) is 57.9 Å². The molecule has 0 saturated heterocycles. The van der Waals surface area contributed by atoms with E-state index in [4.69, 9.17) is 20.2 Å². The smallest absolute Gasteiger partial charge is 0.475 e.